The van der Waals surface area contributed by atoms with Crippen molar-refractivity contribution >= 4 is 0 Å². The number of hydrogen-bond acceptors (Lipinski definition) is 5. The fraction of sp³-hybridized carbons (Fsp3) is 1.00. The van der Waals surface area contributed by atoms with Crippen molar-refractivity contribution in [2.45, 2.75) is 25.1 Å². The van der Waals surface area contributed by atoms with E-state index in [2.05, 4.69) is 0 Å². The van der Waals surface area contributed by atoms with E-state index < -0.39 is 18.7 Å². The van der Waals surface area contributed by atoms with Gasteiger partial charge in [0, 0.05) is 34.6 Å². The van der Waals surface area contributed by atoms with E-state index in [1.165, 1.54) is 0 Å². The summed E-state index contributed by atoms with van der Waals surface area (Å²) in [4.78, 5) is 0. The van der Waals surface area contributed by atoms with E-state index in [0.717, 1.165) is 0 Å². The first-order chi connectivity index (χ1) is 3.92. The molecule has 0 atom stereocenters. The van der Waals surface area contributed by atoms with Crippen LogP contribution in [-0.4, -0.2) is 37.8 Å². The number of rotatable bonds is 3. The minimum atomic E-state index is -2.79. The Kier molecular flexibility index (Phi) is 6.83. The van der Waals surface area contributed by atoms with Gasteiger partial charge in [0.2, 0.25) is 0 Å². The molecular weight excluding hydrogens is 176 g/mol. The molecule has 60 valence electrons. The standard InChI is InChI=1S/C4H10O5.Ti/c5-3(6)1-2-4(7,8)9;/h3,5-9H,1-2H2;. The zero-order valence-corrected chi connectivity index (χ0v) is 6.79. The van der Waals surface area contributed by atoms with Crippen molar-refractivity contribution in [1.82, 2.24) is 0 Å². The van der Waals surface area contributed by atoms with Crippen LogP contribution in [0.1, 0.15) is 12.8 Å². The van der Waals surface area contributed by atoms with Crippen LogP contribution in [0.15, 0.2) is 0 Å². The summed E-state index contributed by atoms with van der Waals surface area (Å²) in [6.07, 6.45) is -2.37. The van der Waals surface area contributed by atoms with Gasteiger partial charge in [-0.05, 0) is 0 Å². The molecule has 0 aromatic rings. The van der Waals surface area contributed by atoms with Crippen molar-refractivity contribution in [3.63, 3.8) is 0 Å². The second-order valence-corrected chi connectivity index (χ2v) is 1.79. The van der Waals surface area contributed by atoms with Gasteiger partial charge in [0.15, 0.2) is 6.29 Å². The maximum atomic E-state index is 8.16. The van der Waals surface area contributed by atoms with Gasteiger partial charge in [-0.1, -0.05) is 0 Å². The maximum Gasteiger partial charge on any atom is 0.275 e. The molecule has 0 aliphatic heterocycles. The molecule has 10 heavy (non-hydrogen) atoms. The van der Waals surface area contributed by atoms with E-state index >= 15 is 0 Å². The first-order valence-electron chi connectivity index (χ1n) is 2.45. The third-order valence-corrected chi connectivity index (χ3v) is 0.738. The van der Waals surface area contributed by atoms with Crippen molar-refractivity contribution in [3.8, 4) is 0 Å². The zero-order chi connectivity index (χ0) is 7.49. The van der Waals surface area contributed by atoms with Crippen LogP contribution >= 0.6 is 0 Å². The SMILES string of the molecule is OC(O)CCC(O)(O)O.[Ti]. The van der Waals surface area contributed by atoms with Gasteiger partial charge in [-0.3, -0.25) is 0 Å². The van der Waals surface area contributed by atoms with E-state index in [0.29, 0.717) is 0 Å². The van der Waals surface area contributed by atoms with E-state index in [1.807, 2.05) is 0 Å². The molecule has 0 rings (SSSR count). The summed E-state index contributed by atoms with van der Waals surface area (Å²) < 4.78 is 0. The summed E-state index contributed by atoms with van der Waals surface area (Å²) in [6, 6.07) is 0. The summed E-state index contributed by atoms with van der Waals surface area (Å²) >= 11 is 0. The van der Waals surface area contributed by atoms with Crippen LogP contribution in [0, 0.1) is 0 Å². The minimum absolute atomic E-state index is 0. The Morgan fingerprint density at radius 1 is 1.10 bits per heavy atom. The Morgan fingerprint density at radius 3 is 1.60 bits per heavy atom. The van der Waals surface area contributed by atoms with Crippen LogP contribution in [0.2, 0.25) is 0 Å². The van der Waals surface area contributed by atoms with Crippen LogP contribution in [-0.2, 0) is 21.7 Å². The van der Waals surface area contributed by atoms with Gasteiger partial charge in [-0.2, -0.15) is 0 Å². The Morgan fingerprint density at radius 2 is 1.50 bits per heavy atom. The van der Waals surface area contributed by atoms with Gasteiger partial charge >= 0.3 is 0 Å². The Hall–Kier alpha value is 0.514. The Balaban J connectivity index is 0. The van der Waals surface area contributed by atoms with Crippen molar-refractivity contribution in [3.05, 3.63) is 0 Å². The summed E-state index contributed by atoms with van der Waals surface area (Å²) in [6.45, 7) is 0. The summed E-state index contributed by atoms with van der Waals surface area (Å²) in [7, 11) is 0. The second-order valence-electron chi connectivity index (χ2n) is 1.79. The quantitative estimate of drug-likeness (QED) is 0.252. The molecule has 0 heterocycles. The maximum absolute atomic E-state index is 8.16. The molecule has 6 heteroatoms. The van der Waals surface area contributed by atoms with Crippen LogP contribution in [0.4, 0.5) is 0 Å². The molecule has 0 amide bonds. The normalized spacial score (nSPS) is 11.4. The van der Waals surface area contributed by atoms with Gasteiger partial charge in [-0.25, -0.2) is 0 Å². The first-order valence-corrected chi connectivity index (χ1v) is 2.45. The molecule has 0 spiro atoms. The van der Waals surface area contributed by atoms with Crippen molar-refractivity contribution in [2.24, 2.45) is 0 Å². The predicted molar refractivity (Wildman–Crippen MR) is 26.8 cm³/mol. The first kappa shape index (κ1) is 13.1. The molecule has 0 aliphatic carbocycles. The van der Waals surface area contributed by atoms with E-state index in [4.69, 9.17) is 25.5 Å². The van der Waals surface area contributed by atoms with Crippen LogP contribution in [0.25, 0.3) is 0 Å². The number of aliphatic hydroxyl groups is 5. The van der Waals surface area contributed by atoms with Crippen LogP contribution < -0.4 is 0 Å². The Labute approximate surface area is 72.8 Å². The molecule has 5 N–H and O–H groups in total. The summed E-state index contributed by atoms with van der Waals surface area (Å²) in [5.41, 5.74) is 0. The minimum Gasteiger partial charge on any atom is -0.368 e. The van der Waals surface area contributed by atoms with Crippen molar-refractivity contribution < 1.29 is 47.3 Å². The average molecular weight is 186 g/mol. The molecule has 0 saturated heterocycles. The smallest absolute Gasteiger partial charge is 0.275 e. The monoisotopic (exact) mass is 186 g/mol. The number of aliphatic hydroxyl groups excluding tert-OH is 1. The van der Waals surface area contributed by atoms with Gasteiger partial charge in [0.1, 0.15) is 0 Å². The molecular formula is C4H10O5Ti. The number of hydrogen-bond donors (Lipinski definition) is 5. The van der Waals surface area contributed by atoms with Crippen LogP contribution in [0.5, 0.6) is 0 Å². The topological polar surface area (TPSA) is 101 Å². The van der Waals surface area contributed by atoms with Crippen LogP contribution in [0.3, 0.4) is 0 Å². The predicted octanol–water partition coefficient (Wildman–Crippen LogP) is -2.29. The van der Waals surface area contributed by atoms with E-state index in [-0.39, 0.29) is 28.1 Å². The molecule has 0 unspecified atom stereocenters. The molecule has 0 aromatic heterocycles. The molecule has 5 nitrogen and oxygen atoms in total. The van der Waals surface area contributed by atoms with Gasteiger partial charge in [0.05, 0.1) is 0 Å². The molecule has 0 aliphatic rings. The van der Waals surface area contributed by atoms with Gasteiger partial charge in [-0.15, -0.1) is 0 Å². The molecule has 0 aromatic carbocycles. The molecule has 0 fully saturated rings. The fourth-order valence-corrected chi connectivity index (χ4v) is 0.323. The van der Waals surface area contributed by atoms with Crippen molar-refractivity contribution in [2.75, 3.05) is 0 Å². The molecule has 0 radical (unpaired) electrons. The Bertz CT molecular complexity index is 78.2. The molecule has 0 bridgehead atoms. The second kappa shape index (κ2) is 5.20. The van der Waals surface area contributed by atoms with E-state index in [1.54, 1.807) is 0 Å². The zero-order valence-electron chi connectivity index (χ0n) is 5.23. The van der Waals surface area contributed by atoms with E-state index in [9.17, 15) is 0 Å². The fourth-order valence-electron chi connectivity index (χ4n) is 0.323. The third-order valence-electron chi connectivity index (χ3n) is 0.738. The largest absolute Gasteiger partial charge is 0.368 e. The third kappa shape index (κ3) is 11.3. The van der Waals surface area contributed by atoms with Gasteiger partial charge < -0.3 is 25.5 Å². The summed E-state index contributed by atoms with van der Waals surface area (Å²) in [5, 5.41) is 40.7. The molecule has 0 saturated carbocycles. The summed E-state index contributed by atoms with van der Waals surface area (Å²) in [5.74, 6) is -2.79. The van der Waals surface area contributed by atoms with Gasteiger partial charge in [0.25, 0.3) is 5.97 Å². The average Bonchev–Trinajstić information content (AvgIpc) is 1.59. The van der Waals surface area contributed by atoms with Crippen molar-refractivity contribution in [1.29, 1.82) is 0 Å².